The van der Waals surface area contributed by atoms with Crippen LogP contribution < -0.4 is 10.6 Å². The first-order valence-corrected chi connectivity index (χ1v) is 14.1. The Morgan fingerprint density at radius 1 is 1.18 bits per heavy atom. The summed E-state index contributed by atoms with van der Waals surface area (Å²) in [7, 11) is 0. The van der Waals surface area contributed by atoms with Crippen LogP contribution in [0.1, 0.15) is 59.8 Å². The minimum atomic E-state index is -0.735. The molecule has 2 amide bonds. The van der Waals surface area contributed by atoms with Crippen molar-refractivity contribution in [2.75, 3.05) is 11.9 Å². The van der Waals surface area contributed by atoms with E-state index in [0.717, 1.165) is 19.3 Å². The SMILES string of the molecule is C=C[C@]1(C)C[C@@H](OC(=O)CNC(=O)Nc2cc(Cl)cc(Cl)c2)[C@]2(C)[C@H](C)CC[C@]3(CCC(=O)[C@H]32)[C@@H](C)[C@@H]1O. The number of halogens is 2. The number of ketones is 1. The lowest BCUT2D eigenvalue weighted by molar-refractivity contribution is -0.206. The number of ether oxygens (including phenoxy) is 1. The molecule has 0 radical (unpaired) electrons. The smallest absolute Gasteiger partial charge is 0.325 e. The second kappa shape index (κ2) is 10.5. The van der Waals surface area contributed by atoms with E-state index in [2.05, 4.69) is 38.0 Å². The molecule has 8 atom stereocenters. The third kappa shape index (κ3) is 4.86. The van der Waals surface area contributed by atoms with Crippen LogP contribution >= 0.6 is 23.2 Å². The highest BCUT2D eigenvalue weighted by Crippen LogP contribution is 2.67. The zero-order chi connectivity index (χ0) is 28.0. The monoisotopic (exact) mass is 564 g/mol. The van der Waals surface area contributed by atoms with Gasteiger partial charge in [-0.15, -0.1) is 6.58 Å². The average Bonchev–Trinajstić information content (AvgIpc) is 3.20. The number of esters is 1. The number of carbonyl (C=O) groups is 3. The van der Waals surface area contributed by atoms with Gasteiger partial charge in [-0.3, -0.25) is 9.59 Å². The highest BCUT2D eigenvalue weighted by atomic mass is 35.5. The number of urea groups is 1. The van der Waals surface area contributed by atoms with Gasteiger partial charge in [-0.25, -0.2) is 4.79 Å². The Morgan fingerprint density at radius 3 is 2.47 bits per heavy atom. The largest absolute Gasteiger partial charge is 0.460 e. The molecule has 0 heterocycles. The van der Waals surface area contributed by atoms with Crippen LogP contribution in [-0.2, 0) is 14.3 Å². The number of aliphatic hydroxyl groups excluding tert-OH is 1. The first kappa shape index (κ1) is 28.9. The van der Waals surface area contributed by atoms with Crippen molar-refractivity contribution in [3.05, 3.63) is 40.9 Å². The Balaban J connectivity index is 1.57. The van der Waals surface area contributed by atoms with Crippen molar-refractivity contribution in [3.63, 3.8) is 0 Å². The second-order valence-electron chi connectivity index (χ2n) is 12.0. The van der Waals surface area contributed by atoms with Gasteiger partial charge in [0.15, 0.2) is 0 Å². The van der Waals surface area contributed by atoms with Crippen molar-refractivity contribution >= 4 is 46.7 Å². The standard InChI is InChI=1S/C29H38Cl2N2O5/c1-6-27(4)14-22(38-23(35)15-32-26(37)33-20-12-18(30)11-19(31)13-20)28(5)16(2)7-9-29(17(3)25(27)36)10-8-21(34)24(28)29/h6,11-13,16-17,22,24-25,36H,1,7-10,14-15H2,2-5H3,(H2,32,33,37)/t16-,17+,22-,24+,25+,27-,28+,29+/m1/s1. The molecule has 2 bridgehead atoms. The Kier molecular flexibility index (Phi) is 7.97. The van der Waals surface area contributed by atoms with Gasteiger partial charge in [-0.1, -0.05) is 57.0 Å². The first-order chi connectivity index (χ1) is 17.8. The van der Waals surface area contributed by atoms with Crippen molar-refractivity contribution in [1.29, 1.82) is 0 Å². The van der Waals surface area contributed by atoms with Crippen LogP contribution in [0.25, 0.3) is 0 Å². The zero-order valence-electron chi connectivity index (χ0n) is 22.5. The van der Waals surface area contributed by atoms with Crippen LogP contribution in [0, 0.1) is 34.0 Å². The van der Waals surface area contributed by atoms with Gasteiger partial charge in [0.25, 0.3) is 0 Å². The molecule has 7 nitrogen and oxygen atoms in total. The lowest BCUT2D eigenvalue weighted by Gasteiger charge is -2.61. The molecule has 1 aromatic rings. The Morgan fingerprint density at radius 2 is 1.84 bits per heavy atom. The number of hydrogen-bond donors (Lipinski definition) is 3. The van der Waals surface area contributed by atoms with Crippen LogP contribution in [0.3, 0.4) is 0 Å². The van der Waals surface area contributed by atoms with E-state index in [1.54, 1.807) is 24.3 Å². The topological polar surface area (TPSA) is 105 Å². The van der Waals surface area contributed by atoms with E-state index >= 15 is 0 Å². The minimum absolute atomic E-state index is 0.101. The molecule has 0 aromatic heterocycles. The lowest BCUT2D eigenvalue weighted by atomic mass is 9.44. The highest BCUT2D eigenvalue weighted by molar-refractivity contribution is 6.35. The molecule has 208 valence electrons. The molecule has 4 rings (SSSR count). The first-order valence-electron chi connectivity index (χ1n) is 13.3. The van der Waals surface area contributed by atoms with Crippen molar-refractivity contribution in [2.24, 2.45) is 34.0 Å². The maximum Gasteiger partial charge on any atom is 0.325 e. The van der Waals surface area contributed by atoms with E-state index in [1.165, 1.54) is 0 Å². The summed E-state index contributed by atoms with van der Waals surface area (Å²) >= 11 is 12.0. The lowest BCUT2D eigenvalue weighted by Crippen LogP contribution is -2.63. The fourth-order valence-corrected chi connectivity index (χ4v) is 8.18. The maximum atomic E-state index is 13.5. The van der Waals surface area contributed by atoms with Gasteiger partial charge in [0.2, 0.25) is 0 Å². The number of benzene rings is 1. The summed E-state index contributed by atoms with van der Waals surface area (Å²) in [6.45, 7) is 11.9. The van der Waals surface area contributed by atoms with Gasteiger partial charge in [0, 0.05) is 38.9 Å². The van der Waals surface area contributed by atoms with Crippen molar-refractivity contribution in [3.8, 4) is 0 Å². The van der Waals surface area contributed by atoms with Crippen molar-refractivity contribution < 1.29 is 24.2 Å². The number of Topliss-reactive ketones (excluding diaryl/α,β-unsaturated/α-hetero) is 1. The summed E-state index contributed by atoms with van der Waals surface area (Å²) in [6, 6.07) is 4.01. The zero-order valence-corrected chi connectivity index (χ0v) is 24.0. The van der Waals surface area contributed by atoms with Gasteiger partial charge in [-0.2, -0.15) is 0 Å². The van der Waals surface area contributed by atoms with Crippen molar-refractivity contribution in [1.82, 2.24) is 5.32 Å². The van der Waals surface area contributed by atoms with E-state index in [1.807, 2.05) is 6.92 Å². The van der Waals surface area contributed by atoms with E-state index in [9.17, 15) is 19.5 Å². The van der Waals surface area contributed by atoms with E-state index < -0.39 is 35.0 Å². The fourth-order valence-electron chi connectivity index (χ4n) is 7.66. The van der Waals surface area contributed by atoms with Gasteiger partial charge in [0.1, 0.15) is 18.4 Å². The van der Waals surface area contributed by atoms with Crippen LogP contribution in [0.2, 0.25) is 10.0 Å². The predicted octanol–water partition coefficient (Wildman–Crippen LogP) is 6.02. The third-order valence-electron chi connectivity index (χ3n) is 10.1. The Bertz CT molecular complexity index is 1120. The quantitative estimate of drug-likeness (QED) is 0.299. The highest BCUT2D eigenvalue weighted by Gasteiger charge is 2.68. The molecule has 38 heavy (non-hydrogen) atoms. The van der Waals surface area contributed by atoms with E-state index in [-0.39, 0.29) is 35.5 Å². The third-order valence-corrected chi connectivity index (χ3v) is 10.5. The molecule has 3 saturated carbocycles. The predicted molar refractivity (Wildman–Crippen MR) is 148 cm³/mol. The molecule has 3 N–H and O–H groups in total. The number of amides is 2. The minimum Gasteiger partial charge on any atom is -0.460 e. The number of carbonyl (C=O) groups excluding carboxylic acids is 3. The molecule has 1 aromatic carbocycles. The molecule has 0 saturated heterocycles. The van der Waals surface area contributed by atoms with E-state index in [4.69, 9.17) is 27.9 Å². The van der Waals surface area contributed by atoms with Gasteiger partial charge in [0.05, 0.1) is 6.10 Å². The Hall–Kier alpha value is -2.09. The normalized spacial score (nSPS) is 38.4. The number of anilines is 1. The van der Waals surface area contributed by atoms with Crippen molar-refractivity contribution in [2.45, 2.75) is 72.0 Å². The van der Waals surface area contributed by atoms with Gasteiger partial charge >= 0.3 is 12.0 Å². The summed E-state index contributed by atoms with van der Waals surface area (Å²) in [6.07, 6.45) is 3.68. The average molecular weight is 566 g/mol. The maximum absolute atomic E-state index is 13.5. The summed E-state index contributed by atoms with van der Waals surface area (Å²) in [5.74, 6) is -0.700. The number of hydrogen-bond acceptors (Lipinski definition) is 5. The summed E-state index contributed by atoms with van der Waals surface area (Å²) in [4.78, 5) is 39.0. The summed E-state index contributed by atoms with van der Waals surface area (Å²) < 4.78 is 6.12. The van der Waals surface area contributed by atoms with Crippen LogP contribution in [0.4, 0.5) is 10.5 Å². The summed E-state index contributed by atoms with van der Waals surface area (Å²) in [5.41, 5.74) is -1.29. The van der Waals surface area contributed by atoms with E-state index in [0.29, 0.717) is 28.6 Å². The Labute approximate surface area is 234 Å². The molecular weight excluding hydrogens is 527 g/mol. The molecular formula is C29H38Cl2N2O5. The molecule has 0 spiro atoms. The number of nitrogens with one attached hydrogen (secondary N) is 2. The number of rotatable bonds is 5. The molecule has 3 aliphatic carbocycles. The summed E-state index contributed by atoms with van der Waals surface area (Å²) in [5, 5.41) is 17.4. The molecule has 0 unspecified atom stereocenters. The van der Waals surface area contributed by atoms with Gasteiger partial charge in [-0.05, 0) is 61.1 Å². The molecule has 9 heteroatoms. The second-order valence-corrected chi connectivity index (χ2v) is 12.9. The molecule has 3 aliphatic rings. The molecule has 0 aliphatic heterocycles. The molecule has 3 fully saturated rings. The number of aliphatic hydroxyl groups is 1. The van der Waals surface area contributed by atoms with Crippen LogP contribution in [0.5, 0.6) is 0 Å². The van der Waals surface area contributed by atoms with Crippen LogP contribution in [0.15, 0.2) is 30.9 Å². The van der Waals surface area contributed by atoms with Crippen LogP contribution in [-0.4, -0.2) is 41.6 Å². The van der Waals surface area contributed by atoms with Gasteiger partial charge < -0.3 is 20.5 Å². The fraction of sp³-hybridized carbons (Fsp3) is 0.621.